The summed E-state index contributed by atoms with van der Waals surface area (Å²) in [7, 11) is 1.82. The molecular weight excluding hydrogens is 352 g/mol. The van der Waals surface area contributed by atoms with E-state index in [0.29, 0.717) is 22.5 Å². The van der Waals surface area contributed by atoms with Crippen LogP contribution in [0.5, 0.6) is 0 Å². The molecule has 0 bridgehead atoms. The zero-order valence-electron chi connectivity index (χ0n) is 14.5. The van der Waals surface area contributed by atoms with Crippen molar-refractivity contribution in [3.63, 3.8) is 0 Å². The van der Waals surface area contributed by atoms with Crippen molar-refractivity contribution in [1.82, 2.24) is 15.1 Å². The third-order valence-corrected chi connectivity index (χ3v) is 4.35. The number of halogens is 1. The highest BCUT2D eigenvalue weighted by Crippen LogP contribution is 2.23. The summed E-state index contributed by atoms with van der Waals surface area (Å²) in [5.74, 6) is 0.744. The van der Waals surface area contributed by atoms with Gasteiger partial charge in [0.1, 0.15) is 0 Å². The number of rotatable bonds is 6. The molecule has 1 amide bonds. The van der Waals surface area contributed by atoms with Crippen LogP contribution in [-0.2, 0) is 4.79 Å². The Hall–Kier alpha value is -2.70. The van der Waals surface area contributed by atoms with E-state index in [-0.39, 0.29) is 18.5 Å². The second-order valence-electron chi connectivity index (χ2n) is 5.93. The molecule has 3 rings (SSSR count). The van der Waals surface area contributed by atoms with Gasteiger partial charge in [0.2, 0.25) is 17.7 Å². The first kappa shape index (κ1) is 18.1. The third-order valence-electron chi connectivity index (χ3n) is 4.02. The summed E-state index contributed by atoms with van der Waals surface area (Å²) in [6, 6.07) is 16.5. The Labute approximate surface area is 156 Å². The van der Waals surface area contributed by atoms with Gasteiger partial charge in [0.05, 0.1) is 23.3 Å². The van der Waals surface area contributed by atoms with Crippen LogP contribution in [0.25, 0.3) is 11.5 Å². The normalized spacial score (nSPS) is 12.2. The van der Waals surface area contributed by atoms with E-state index in [9.17, 15) is 4.79 Å². The van der Waals surface area contributed by atoms with Gasteiger partial charge in [-0.05, 0) is 38.2 Å². The van der Waals surface area contributed by atoms with Crippen molar-refractivity contribution >= 4 is 23.2 Å². The highest BCUT2D eigenvalue weighted by Gasteiger charge is 2.21. The zero-order chi connectivity index (χ0) is 18.5. The summed E-state index contributed by atoms with van der Waals surface area (Å²) in [5.41, 5.74) is 1.45. The highest BCUT2D eigenvalue weighted by molar-refractivity contribution is 6.33. The number of carbonyl (C=O) groups is 1. The molecule has 0 fully saturated rings. The molecule has 6 nitrogen and oxygen atoms in total. The molecule has 0 saturated heterocycles. The maximum atomic E-state index is 12.3. The minimum Gasteiger partial charge on any atom is -0.419 e. The van der Waals surface area contributed by atoms with Gasteiger partial charge in [-0.3, -0.25) is 9.69 Å². The predicted octanol–water partition coefficient (Wildman–Crippen LogP) is 4.02. The van der Waals surface area contributed by atoms with E-state index in [4.69, 9.17) is 16.0 Å². The Morgan fingerprint density at radius 2 is 1.85 bits per heavy atom. The summed E-state index contributed by atoms with van der Waals surface area (Å²) < 4.78 is 5.75. The summed E-state index contributed by atoms with van der Waals surface area (Å²) in [6.07, 6.45) is 0. The average Bonchev–Trinajstić information content (AvgIpc) is 3.14. The topological polar surface area (TPSA) is 71.3 Å². The van der Waals surface area contributed by atoms with Gasteiger partial charge in [-0.2, -0.15) is 0 Å². The maximum absolute atomic E-state index is 12.3. The number of hydrogen-bond acceptors (Lipinski definition) is 5. The molecule has 3 aromatic rings. The van der Waals surface area contributed by atoms with Gasteiger partial charge in [0.25, 0.3) is 0 Å². The lowest BCUT2D eigenvalue weighted by atomic mass is 10.2. The SMILES string of the molecule is CC(c1nnc(-c2ccccc2)o1)N(C)CC(=O)Nc1ccccc1Cl. The molecule has 26 heavy (non-hydrogen) atoms. The van der Waals surface area contributed by atoms with Crippen LogP contribution < -0.4 is 5.32 Å². The number of likely N-dealkylation sites (N-methyl/N-ethyl adjacent to an activating group) is 1. The molecule has 0 aliphatic heterocycles. The molecule has 134 valence electrons. The molecule has 0 aliphatic carbocycles. The average molecular weight is 371 g/mol. The standard InChI is InChI=1S/C19H19ClN4O2/c1-13(18-22-23-19(26-18)14-8-4-3-5-9-14)24(2)12-17(25)21-16-11-7-6-10-15(16)20/h3-11,13H,12H2,1-2H3,(H,21,25). The first-order valence-electron chi connectivity index (χ1n) is 8.18. The molecule has 0 spiro atoms. The van der Waals surface area contributed by atoms with Crippen LogP contribution in [0, 0.1) is 0 Å². The van der Waals surface area contributed by atoms with Gasteiger partial charge < -0.3 is 9.73 Å². The first-order valence-corrected chi connectivity index (χ1v) is 8.56. The van der Waals surface area contributed by atoms with Gasteiger partial charge in [-0.25, -0.2) is 0 Å². The Bertz CT molecular complexity index is 882. The van der Waals surface area contributed by atoms with E-state index in [0.717, 1.165) is 5.56 Å². The second kappa shape index (κ2) is 8.12. The maximum Gasteiger partial charge on any atom is 0.247 e. The van der Waals surface area contributed by atoms with Crippen molar-refractivity contribution in [3.05, 3.63) is 65.5 Å². The van der Waals surface area contributed by atoms with E-state index in [2.05, 4.69) is 15.5 Å². The van der Waals surface area contributed by atoms with Crippen LogP contribution >= 0.6 is 11.6 Å². The van der Waals surface area contributed by atoms with Crippen molar-refractivity contribution in [3.8, 4) is 11.5 Å². The van der Waals surface area contributed by atoms with Crippen LogP contribution in [0.2, 0.25) is 5.02 Å². The number of amides is 1. The van der Waals surface area contributed by atoms with Crippen LogP contribution in [0.15, 0.2) is 59.0 Å². The molecule has 1 atom stereocenters. The predicted molar refractivity (Wildman–Crippen MR) is 101 cm³/mol. The Morgan fingerprint density at radius 1 is 1.15 bits per heavy atom. The second-order valence-corrected chi connectivity index (χ2v) is 6.34. The number of aromatic nitrogens is 2. The quantitative estimate of drug-likeness (QED) is 0.709. The van der Waals surface area contributed by atoms with Crippen molar-refractivity contribution in [2.24, 2.45) is 0 Å². The minimum atomic E-state index is -0.211. The van der Waals surface area contributed by atoms with Gasteiger partial charge in [-0.15, -0.1) is 10.2 Å². The molecule has 1 N–H and O–H groups in total. The van der Waals surface area contributed by atoms with E-state index < -0.39 is 0 Å². The number of nitrogens with one attached hydrogen (secondary N) is 1. The van der Waals surface area contributed by atoms with E-state index in [1.165, 1.54) is 0 Å². The number of benzene rings is 2. The number of para-hydroxylation sites is 1. The molecule has 0 aliphatic rings. The molecule has 1 unspecified atom stereocenters. The van der Waals surface area contributed by atoms with Crippen LogP contribution in [0.4, 0.5) is 5.69 Å². The molecule has 1 heterocycles. The van der Waals surface area contributed by atoms with E-state index in [1.807, 2.05) is 61.3 Å². The Kier molecular flexibility index (Phi) is 5.65. The summed E-state index contributed by atoms with van der Waals surface area (Å²) in [5, 5.41) is 11.5. The number of carbonyl (C=O) groups excluding carboxylic acids is 1. The number of anilines is 1. The molecule has 0 saturated carbocycles. The first-order chi connectivity index (χ1) is 12.5. The molecular formula is C19H19ClN4O2. The lowest BCUT2D eigenvalue weighted by Gasteiger charge is -2.21. The van der Waals surface area contributed by atoms with Crippen molar-refractivity contribution in [2.45, 2.75) is 13.0 Å². The summed E-state index contributed by atoms with van der Waals surface area (Å²) in [4.78, 5) is 14.1. The van der Waals surface area contributed by atoms with Gasteiger partial charge in [0, 0.05) is 5.56 Å². The monoisotopic (exact) mass is 370 g/mol. The third kappa shape index (κ3) is 4.28. The lowest BCUT2D eigenvalue weighted by Crippen LogP contribution is -2.32. The lowest BCUT2D eigenvalue weighted by molar-refractivity contribution is -0.117. The van der Waals surface area contributed by atoms with Crippen LogP contribution in [0.1, 0.15) is 18.9 Å². The highest BCUT2D eigenvalue weighted by atomic mass is 35.5. The molecule has 1 aromatic heterocycles. The largest absolute Gasteiger partial charge is 0.419 e. The number of hydrogen-bond donors (Lipinski definition) is 1. The molecule has 0 radical (unpaired) electrons. The minimum absolute atomic E-state index is 0.162. The van der Waals surface area contributed by atoms with Crippen LogP contribution in [-0.4, -0.2) is 34.6 Å². The van der Waals surface area contributed by atoms with E-state index >= 15 is 0 Å². The smallest absolute Gasteiger partial charge is 0.247 e. The number of nitrogens with zero attached hydrogens (tertiary/aromatic N) is 3. The molecule has 7 heteroatoms. The molecule has 2 aromatic carbocycles. The van der Waals surface area contributed by atoms with Crippen molar-refractivity contribution in [1.29, 1.82) is 0 Å². The summed E-state index contributed by atoms with van der Waals surface area (Å²) in [6.45, 7) is 2.07. The fraction of sp³-hybridized carbons (Fsp3) is 0.211. The van der Waals surface area contributed by atoms with Gasteiger partial charge >= 0.3 is 0 Å². The van der Waals surface area contributed by atoms with Crippen LogP contribution in [0.3, 0.4) is 0 Å². The fourth-order valence-corrected chi connectivity index (χ4v) is 2.59. The Balaban J connectivity index is 1.63. The zero-order valence-corrected chi connectivity index (χ0v) is 15.3. The van der Waals surface area contributed by atoms with Crippen molar-refractivity contribution < 1.29 is 9.21 Å². The van der Waals surface area contributed by atoms with Gasteiger partial charge in [-0.1, -0.05) is 41.9 Å². The van der Waals surface area contributed by atoms with Crippen molar-refractivity contribution in [2.75, 3.05) is 18.9 Å². The Morgan fingerprint density at radius 3 is 2.58 bits per heavy atom. The summed E-state index contributed by atoms with van der Waals surface area (Å²) >= 11 is 6.06. The van der Waals surface area contributed by atoms with E-state index in [1.54, 1.807) is 12.1 Å². The van der Waals surface area contributed by atoms with Gasteiger partial charge in [0.15, 0.2) is 0 Å². The fourth-order valence-electron chi connectivity index (χ4n) is 2.41.